The van der Waals surface area contributed by atoms with Gasteiger partial charge in [0, 0.05) is 36.8 Å². The molecule has 0 spiro atoms. The van der Waals surface area contributed by atoms with Gasteiger partial charge in [-0.1, -0.05) is 24.3 Å². The van der Waals surface area contributed by atoms with Gasteiger partial charge in [-0.05, 0) is 55.3 Å². The van der Waals surface area contributed by atoms with Crippen molar-refractivity contribution in [3.8, 4) is 5.75 Å². The molecule has 0 aliphatic carbocycles. The van der Waals surface area contributed by atoms with Gasteiger partial charge in [-0.15, -0.1) is 0 Å². The second kappa shape index (κ2) is 7.67. The van der Waals surface area contributed by atoms with Gasteiger partial charge in [0.2, 0.25) is 0 Å². The van der Waals surface area contributed by atoms with Gasteiger partial charge in [-0.3, -0.25) is 9.88 Å². The van der Waals surface area contributed by atoms with E-state index >= 15 is 0 Å². The SMILES string of the molecule is COc1cccc(C(c2ccc3ncccc3c2)N2CC(C)NCC2C)c1. The van der Waals surface area contributed by atoms with Crippen molar-refractivity contribution in [2.45, 2.75) is 32.0 Å². The lowest BCUT2D eigenvalue weighted by molar-refractivity contribution is 0.113. The fourth-order valence-corrected chi connectivity index (χ4v) is 4.06. The quantitative estimate of drug-likeness (QED) is 0.762. The van der Waals surface area contributed by atoms with Gasteiger partial charge in [0.15, 0.2) is 0 Å². The summed E-state index contributed by atoms with van der Waals surface area (Å²) in [5.74, 6) is 0.899. The molecule has 3 atom stereocenters. The number of fused-ring (bicyclic) bond motifs is 1. The summed E-state index contributed by atoms with van der Waals surface area (Å²) in [5.41, 5.74) is 3.59. The van der Waals surface area contributed by atoms with Crippen molar-refractivity contribution >= 4 is 10.9 Å². The van der Waals surface area contributed by atoms with E-state index in [1.54, 1.807) is 7.11 Å². The van der Waals surface area contributed by atoms with Crippen molar-refractivity contribution in [3.05, 3.63) is 71.9 Å². The monoisotopic (exact) mass is 361 g/mol. The van der Waals surface area contributed by atoms with Crippen molar-refractivity contribution in [1.29, 1.82) is 0 Å². The van der Waals surface area contributed by atoms with Gasteiger partial charge in [-0.2, -0.15) is 0 Å². The molecule has 3 unspecified atom stereocenters. The van der Waals surface area contributed by atoms with Crippen LogP contribution in [0.4, 0.5) is 0 Å². The lowest BCUT2D eigenvalue weighted by Crippen LogP contribution is -2.55. The Balaban J connectivity index is 1.83. The van der Waals surface area contributed by atoms with Crippen LogP contribution in [0.5, 0.6) is 5.75 Å². The summed E-state index contributed by atoms with van der Waals surface area (Å²) >= 11 is 0. The number of hydrogen-bond donors (Lipinski definition) is 1. The molecule has 0 saturated carbocycles. The Labute approximate surface area is 161 Å². The van der Waals surface area contributed by atoms with E-state index in [9.17, 15) is 0 Å². The summed E-state index contributed by atoms with van der Waals surface area (Å²) in [7, 11) is 1.73. The van der Waals surface area contributed by atoms with E-state index in [0.29, 0.717) is 12.1 Å². The molecule has 2 heterocycles. The zero-order valence-electron chi connectivity index (χ0n) is 16.2. The molecule has 2 aromatic carbocycles. The Kier molecular flexibility index (Phi) is 5.10. The lowest BCUT2D eigenvalue weighted by Gasteiger charge is -2.43. The minimum Gasteiger partial charge on any atom is -0.497 e. The molecule has 27 heavy (non-hydrogen) atoms. The minimum atomic E-state index is 0.184. The molecule has 0 radical (unpaired) electrons. The first kappa shape index (κ1) is 18.0. The Bertz CT molecular complexity index is 926. The Hall–Kier alpha value is -2.43. The van der Waals surface area contributed by atoms with Gasteiger partial charge in [0.05, 0.1) is 18.7 Å². The molecule has 1 N–H and O–H groups in total. The van der Waals surface area contributed by atoms with Crippen molar-refractivity contribution < 1.29 is 4.74 Å². The highest BCUT2D eigenvalue weighted by molar-refractivity contribution is 5.79. The number of benzene rings is 2. The predicted molar refractivity (Wildman–Crippen MR) is 110 cm³/mol. The predicted octanol–water partition coefficient (Wildman–Crippen LogP) is 4.02. The van der Waals surface area contributed by atoms with Gasteiger partial charge in [0.25, 0.3) is 0 Å². The molecule has 0 amide bonds. The molecule has 4 heteroatoms. The maximum Gasteiger partial charge on any atom is 0.119 e. The molecule has 0 bridgehead atoms. The first-order valence-electron chi connectivity index (χ1n) is 9.63. The second-order valence-electron chi connectivity index (χ2n) is 7.49. The Morgan fingerprint density at radius 2 is 1.93 bits per heavy atom. The van der Waals surface area contributed by atoms with Crippen LogP contribution in [0.15, 0.2) is 60.8 Å². The summed E-state index contributed by atoms with van der Waals surface area (Å²) in [4.78, 5) is 7.08. The lowest BCUT2D eigenvalue weighted by atomic mass is 9.93. The van der Waals surface area contributed by atoms with Crippen molar-refractivity contribution in [1.82, 2.24) is 15.2 Å². The standard InChI is InChI=1S/C23H27N3O/c1-16-15-26(17(2)14-25-16)23(19-6-4-8-21(13-19)27-3)20-9-10-22-18(12-20)7-5-11-24-22/h4-13,16-17,23,25H,14-15H2,1-3H3. The van der Waals surface area contributed by atoms with Gasteiger partial charge >= 0.3 is 0 Å². The highest BCUT2D eigenvalue weighted by Crippen LogP contribution is 2.34. The van der Waals surface area contributed by atoms with Crippen LogP contribution < -0.4 is 10.1 Å². The molecule has 4 nitrogen and oxygen atoms in total. The fourth-order valence-electron chi connectivity index (χ4n) is 4.06. The van der Waals surface area contributed by atoms with E-state index in [1.165, 1.54) is 16.5 Å². The fraction of sp³-hybridized carbons (Fsp3) is 0.348. The number of piperazine rings is 1. The molecule has 1 aromatic heterocycles. The van der Waals surface area contributed by atoms with E-state index in [-0.39, 0.29) is 6.04 Å². The summed E-state index contributed by atoms with van der Waals surface area (Å²) in [6, 6.07) is 20.3. The number of aromatic nitrogens is 1. The van der Waals surface area contributed by atoms with Crippen molar-refractivity contribution in [2.75, 3.05) is 20.2 Å². The summed E-state index contributed by atoms with van der Waals surface area (Å²) in [6.07, 6.45) is 1.85. The highest BCUT2D eigenvalue weighted by atomic mass is 16.5. The number of rotatable bonds is 4. The van der Waals surface area contributed by atoms with Gasteiger partial charge < -0.3 is 10.1 Å². The molecule has 1 aliphatic rings. The van der Waals surface area contributed by atoms with E-state index in [4.69, 9.17) is 4.74 Å². The molecule has 3 aromatic rings. The van der Waals surface area contributed by atoms with Crippen molar-refractivity contribution in [2.24, 2.45) is 0 Å². The topological polar surface area (TPSA) is 37.4 Å². The van der Waals surface area contributed by atoms with E-state index < -0.39 is 0 Å². The highest BCUT2D eigenvalue weighted by Gasteiger charge is 2.31. The number of nitrogens with zero attached hydrogens (tertiary/aromatic N) is 2. The van der Waals surface area contributed by atoms with Crippen LogP contribution in [-0.2, 0) is 0 Å². The normalized spacial score (nSPS) is 21.9. The summed E-state index contributed by atoms with van der Waals surface area (Å²) < 4.78 is 5.51. The number of nitrogens with one attached hydrogen (secondary N) is 1. The maximum atomic E-state index is 5.51. The van der Waals surface area contributed by atoms with Crippen LogP contribution in [0.3, 0.4) is 0 Å². The van der Waals surface area contributed by atoms with Crippen LogP contribution in [0.25, 0.3) is 10.9 Å². The van der Waals surface area contributed by atoms with Gasteiger partial charge in [-0.25, -0.2) is 0 Å². The van der Waals surface area contributed by atoms with E-state index in [2.05, 4.69) is 71.5 Å². The number of methoxy groups -OCH3 is 1. The molecular weight excluding hydrogens is 334 g/mol. The zero-order chi connectivity index (χ0) is 18.8. The van der Waals surface area contributed by atoms with Gasteiger partial charge in [0.1, 0.15) is 5.75 Å². The average Bonchev–Trinajstić information content (AvgIpc) is 2.71. The molecule has 1 saturated heterocycles. The number of ether oxygens (including phenoxy) is 1. The zero-order valence-corrected chi connectivity index (χ0v) is 16.2. The van der Waals surface area contributed by atoms with Crippen LogP contribution in [0, 0.1) is 0 Å². The average molecular weight is 361 g/mol. The maximum absolute atomic E-state index is 5.51. The second-order valence-corrected chi connectivity index (χ2v) is 7.49. The molecule has 1 fully saturated rings. The third-order valence-corrected chi connectivity index (χ3v) is 5.50. The first-order chi connectivity index (χ1) is 13.2. The van der Waals surface area contributed by atoms with Crippen molar-refractivity contribution in [3.63, 3.8) is 0 Å². The van der Waals surface area contributed by atoms with Crippen LogP contribution >= 0.6 is 0 Å². The van der Waals surface area contributed by atoms with Crippen LogP contribution in [-0.4, -0.2) is 42.2 Å². The largest absolute Gasteiger partial charge is 0.497 e. The number of hydrogen-bond acceptors (Lipinski definition) is 4. The molecule has 140 valence electrons. The Morgan fingerprint density at radius 3 is 2.78 bits per heavy atom. The minimum absolute atomic E-state index is 0.184. The summed E-state index contributed by atoms with van der Waals surface area (Å²) in [6.45, 7) is 6.56. The first-order valence-corrected chi connectivity index (χ1v) is 9.63. The molecular formula is C23H27N3O. The Morgan fingerprint density at radius 1 is 1.07 bits per heavy atom. The van der Waals surface area contributed by atoms with E-state index in [0.717, 1.165) is 24.4 Å². The van der Waals surface area contributed by atoms with Crippen LogP contribution in [0.1, 0.15) is 31.0 Å². The summed E-state index contributed by atoms with van der Waals surface area (Å²) in [5, 5.41) is 4.77. The van der Waals surface area contributed by atoms with Crippen LogP contribution in [0.2, 0.25) is 0 Å². The smallest absolute Gasteiger partial charge is 0.119 e. The third kappa shape index (κ3) is 3.68. The molecule has 1 aliphatic heterocycles. The molecule has 4 rings (SSSR count). The van der Waals surface area contributed by atoms with E-state index in [1.807, 2.05) is 18.3 Å². The third-order valence-electron chi connectivity index (χ3n) is 5.50. The number of pyridine rings is 1.